The van der Waals surface area contributed by atoms with Crippen molar-refractivity contribution in [2.45, 2.75) is 13.8 Å². The van der Waals surface area contributed by atoms with Gasteiger partial charge in [-0.3, -0.25) is 4.79 Å². The van der Waals surface area contributed by atoms with Gasteiger partial charge >= 0.3 is 5.97 Å². The van der Waals surface area contributed by atoms with Crippen LogP contribution in [0.5, 0.6) is 17.2 Å². The summed E-state index contributed by atoms with van der Waals surface area (Å²) in [6.45, 7) is 3.72. The minimum Gasteiger partial charge on any atom is -0.497 e. The minimum atomic E-state index is -0.492. The third-order valence-corrected chi connectivity index (χ3v) is 4.79. The monoisotopic (exact) mass is 458 g/mol. The number of amides is 1. The fourth-order valence-electron chi connectivity index (χ4n) is 3.03. The molecule has 1 N–H and O–H groups in total. The van der Waals surface area contributed by atoms with Gasteiger partial charge < -0.3 is 14.2 Å². The van der Waals surface area contributed by atoms with Gasteiger partial charge in [-0.2, -0.15) is 5.10 Å². The van der Waals surface area contributed by atoms with E-state index in [2.05, 4.69) is 10.5 Å². The van der Waals surface area contributed by atoms with Crippen LogP contribution in [0.3, 0.4) is 0 Å². The molecule has 0 aliphatic heterocycles. The van der Waals surface area contributed by atoms with Gasteiger partial charge in [-0.25, -0.2) is 10.2 Å². The quantitative estimate of drug-likeness (QED) is 0.168. The van der Waals surface area contributed by atoms with Gasteiger partial charge in [0, 0.05) is 6.08 Å². The van der Waals surface area contributed by atoms with Gasteiger partial charge in [-0.05, 0) is 78.6 Å². The van der Waals surface area contributed by atoms with Crippen LogP contribution in [0.2, 0.25) is 0 Å². The SMILES string of the molecule is COc1ccc(/C=C/C(=O)Oc2ccc(/C=N\NC(=O)COc3c(C)cccc3C)cc2)cc1. The predicted octanol–water partition coefficient (Wildman–Crippen LogP) is 4.46. The number of aryl methyl sites for hydroxylation is 2. The fraction of sp³-hybridized carbons (Fsp3) is 0.148. The third-order valence-electron chi connectivity index (χ3n) is 4.79. The van der Waals surface area contributed by atoms with Gasteiger partial charge in [0.15, 0.2) is 6.61 Å². The Morgan fingerprint density at radius 3 is 2.15 bits per heavy atom. The number of hydrazone groups is 1. The molecule has 0 saturated carbocycles. The van der Waals surface area contributed by atoms with E-state index in [0.717, 1.165) is 28.0 Å². The Bertz CT molecular complexity index is 1160. The Hall–Kier alpha value is -4.39. The first kappa shape index (κ1) is 24.3. The van der Waals surface area contributed by atoms with E-state index in [1.807, 2.05) is 56.3 Å². The number of hydrogen-bond acceptors (Lipinski definition) is 6. The van der Waals surface area contributed by atoms with Crippen molar-refractivity contribution in [2.24, 2.45) is 5.10 Å². The summed E-state index contributed by atoms with van der Waals surface area (Å²) in [6, 6.07) is 19.8. The molecular formula is C27H26N2O5. The molecule has 0 saturated heterocycles. The summed E-state index contributed by atoms with van der Waals surface area (Å²) in [5, 5.41) is 3.93. The summed E-state index contributed by atoms with van der Waals surface area (Å²) in [7, 11) is 1.60. The summed E-state index contributed by atoms with van der Waals surface area (Å²) >= 11 is 0. The second-order valence-electron chi connectivity index (χ2n) is 7.40. The van der Waals surface area contributed by atoms with Crippen LogP contribution >= 0.6 is 0 Å². The third kappa shape index (κ3) is 7.34. The minimum absolute atomic E-state index is 0.137. The number of carbonyl (C=O) groups is 2. The standard InChI is InChI=1S/C27H26N2O5/c1-19-5-4-6-20(2)27(19)33-18-25(30)29-28-17-22-9-14-24(15-10-22)34-26(31)16-11-21-7-12-23(32-3)13-8-21/h4-17H,18H2,1-3H3,(H,29,30)/b16-11+,28-17-. The molecule has 0 fully saturated rings. The summed E-state index contributed by atoms with van der Waals surface area (Å²) in [4.78, 5) is 24.0. The Morgan fingerprint density at radius 2 is 1.50 bits per heavy atom. The van der Waals surface area contributed by atoms with E-state index in [9.17, 15) is 9.59 Å². The van der Waals surface area contributed by atoms with Gasteiger partial charge in [-0.15, -0.1) is 0 Å². The van der Waals surface area contributed by atoms with Crippen molar-refractivity contribution in [2.75, 3.05) is 13.7 Å². The zero-order valence-electron chi connectivity index (χ0n) is 19.3. The lowest BCUT2D eigenvalue weighted by atomic mass is 10.1. The average molecular weight is 459 g/mol. The fourth-order valence-corrected chi connectivity index (χ4v) is 3.03. The van der Waals surface area contributed by atoms with Gasteiger partial charge in [0.1, 0.15) is 17.2 Å². The highest BCUT2D eigenvalue weighted by atomic mass is 16.5. The van der Waals surface area contributed by atoms with E-state index in [-0.39, 0.29) is 12.5 Å². The highest BCUT2D eigenvalue weighted by molar-refractivity contribution is 5.89. The maximum atomic E-state index is 12.0. The van der Waals surface area contributed by atoms with Crippen molar-refractivity contribution >= 4 is 24.2 Å². The van der Waals surface area contributed by atoms with Crippen molar-refractivity contribution in [3.63, 3.8) is 0 Å². The number of ether oxygens (including phenoxy) is 3. The number of esters is 1. The molecule has 0 spiro atoms. The highest BCUT2D eigenvalue weighted by Crippen LogP contribution is 2.22. The van der Waals surface area contributed by atoms with Gasteiger partial charge in [0.05, 0.1) is 13.3 Å². The number of rotatable bonds is 9. The first-order chi connectivity index (χ1) is 16.4. The molecule has 3 aromatic carbocycles. The molecular weight excluding hydrogens is 432 g/mol. The topological polar surface area (TPSA) is 86.2 Å². The van der Waals surface area contributed by atoms with Crippen molar-refractivity contribution in [1.29, 1.82) is 0 Å². The Morgan fingerprint density at radius 1 is 0.882 bits per heavy atom. The number of hydrogen-bond donors (Lipinski definition) is 1. The molecule has 0 aliphatic carbocycles. The lowest BCUT2D eigenvalue weighted by molar-refractivity contribution is -0.129. The summed E-state index contributed by atoms with van der Waals surface area (Å²) < 4.78 is 16.0. The number of benzene rings is 3. The predicted molar refractivity (Wildman–Crippen MR) is 131 cm³/mol. The molecule has 0 aromatic heterocycles. The molecule has 1 amide bonds. The van der Waals surface area contributed by atoms with E-state index >= 15 is 0 Å². The van der Waals surface area contributed by atoms with Gasteiger partial charge in [-0.1, -0.05) is 30.3 Å². The maximum Gasteiger partial charge on any atom is 0.336 e. The van der Waals surface area contributed by atoms with E-state index in [1.165, 1.54) is 12.3 Å². The van der Waals surface area contributed by atoms with Crippen LogP contribution in [-0.2, 0) is 9.59 Å². The van der Waals surface area contributed by atoms with Crippen molar-refractivity contribution in [1.82, 2.24) is 5.43 Å². The van der Waals surface area contributed by atoms with Crippen LogP contribution < -0.4 is 19.6 Å². The molecule has 0 heterocycles. The molecule has 34 heavy (non-hydrogen) atoms. The number of nitrogens with one attached hydrogen (secondary N) is 1. The largest absolute Gasteiger partial charge is 0.497 e. The van der Waals surface area contributed by atoms with Crippen LogP contribution in [0.25, 0.3) is 6.08 Å². The van der Waals surface area contributed by atoms with Crippen LogP contribution in [0.4, 0.5) is 0 Å². The van der Waals surface area contributed by atoms with Crippen molar-refractivity contribution < 1.29 is 23.8 Å². The normalized spacial score (nSPS) is 10.9. The summed E-state index contributed by atoms with van der Waals surface area (Å²) in [6.07, 6.45) is 4.51. The molecule has 0 atom stereocenters. The van der Waals surface area contributed by atoms with Crippen LogP contribution in [0.15, 0.2) is 77.9 Å². The van der Waals surface area contributed by atoms with Crippen LogP contribution in [0.1, 0.15) is 22.3 Å². The van der Waals surface area contributed by atoms with Crippen molar-refractivity contribution in [3.8, 4) is 17.2 Å². The second-order valence-corrected chi connectivity index (χ2v) is 7.40. The number of carbonyl (C=O) groups excluding carboxylic acids is 2. The van der Waals surface area contributed by atoms with E-state index < -0.39 is 5.97 Å². The Kier molecular flexibility index (Phi) is 8.57. The number of nitrogens with zero attached hydrogens (tertiary/aromatic N) is 1. The zero-order chi connectivity index (χ0) is 24.3. The summed E-state index contributed by atoms with van der Waals surface area (Å²) in [5.41, 5.74) is 5.94. The Labute approximate surface area is 198 Å². The Balaban J connectivity index is 1.44. The van der Waals surface area contributed by atoms with E-state index in [4.69, 9.17) is 14.2 Å². The van der Waals surface area contributed by atoms with Crippen molar-refractivity contribution in [3.05, 3.63) is 95.1 Å². The van der Waals surface area contributed by atoms with Gasteiger partial charge in [0.25, 0.3) is 5.91 Å². The smallest absolute Gasteiger partial charge is 0.336 e. The maximum absolute atomic E-state index is 12.0. The van der Waals surface area contributed by atoms with Crippen LogP contribution in [-0.4, -0.2) is 31.8 Å². The molecule has 0 aliphatic rings. The van der Waals surface area contributed by atoms with Gasteiger partial charge in [0.2, 0.25) is 0 Å². The molecule has 174 valence electrons. The lowest BCUT2D eigenvalue weighted by Gasteiger charge is -2.10. The lowest BCUT2D eigenvalue weighted by Crippen LogP contribution is -2.25. The van der Waals surface area contributed by atoms with E-state index in [1.54, 1.807) is 37.5 Å². The molecule has 7 nitrogen and oxygen atoms in total. The molecule has 0 radical (unpaired) electrons. The molecule has 3 rings (SSSR count). The second kappa shape index (κ2) is 12.0. The van der Waals surface area contributed by atoms with E-state index in [0.29, 0.717) is 11.5 Å². The number of methoxy groups -OCH3 is 1. The zero-order valence-corrected chi connectivity index (χ0v) is 19.3. The molecule has 7 heteroatoms. The first-order valence-electron chi connectivity index (χ1n) is 10.6. The first-order valence-corrected chi connectivity index (χ1v) is 10.6. The highest BCUT2D eigenvalue weighted by Gasteiger charge is 2.06. The molecule has 0 bridgehead atoms. The average Bonchev–Trinajstić information content (AvgIpc) is 2.84. The van der Waals surface area contributed by atoms with Crippen LogP contribution in [0, 0.1) is 13.8 Å². The molecule has 0 unspecified atom stereocenters. The summed E-state index contributed by atoms with van der Waals surface area (Å²) in [5.74, 6) is 0.980. The number of para-hydroxylation sites is 1. The molecule has 3 aromatic rings.